The smallest absolute Gasteiger partial charge is 0.352 e. The number of benzene rings is 1. The molecular weight excluding hydrogens is 336 g/mol. The second-order valence-electron chi connectivity index (χ2n) is 5.94. The summed E-state index contributed by atoms with van der Waals surface area (Å²) in [5.74, 6) is -0.600. The molecule has 0 bridgehead atoms. The van der Waals surface area contributed by atoms with Crippen LogP contribution in [0.25, 0.3) is 5.69 Å². The largest absolute Gasteiger partial charge is 0.385 e. The first-order chi connectivity index (χ1) is 12.5. The Kier molecular flexibility index (Phi) is 6.85. The Bertz CT molecular complexity index is 868. The van der Waals surface area contributed by atoms with Crippen molar-refractivity contribution in [1.82, 2.24) is 19.7 Å². The number of nitrogens with zero attached hydrogens (tertiary/aromatic N) is 3. The highest BCUT2D eigenvalue weighted by atomic mass is 16.5. The molecule has 0 aliphatic carbocycles. The first kappa shape index (κ1) is 19.6. The fraction of sp³-hybridized carbons (Fsp3) is 0.444. The first-order valence-corrected chi connectivity index (χ1v) is 8.58. The minimum atomic E-state index is -0.676. The highest BCUT2D eigenvalue weighted by molar-refractivity contribution is 5.91. The number of aryl methyl sites for hydroxylation is 1. The van der Waals surface area contributed by atoms with Gasteiger partial charge in [0.05, 0.1) is 5.69 Å². The fourth-order valence-electron chi connectivity index (χ4n) is 2.43. The van der Waals surface area contributed by atoms with Gasteiger partial charge < -0.3 is 10.1 Å². The van der Waals surface area contributed by atoms with E-state index in [1.54, 1.807) is 19.2 Å². The summed E-state index contributed by atoms with van der Waals surface area (Å²) in [5, 5.41) is 6.68. The number of rotatable bonds is 8. The van der Waals surface area contributed by atoms with Gasteiger partial charge in [-0.1, -0.05) is 24.6 Å². The average molecular weight is 360 g/mol. The maximum Gasteiger partial charge on any atom is 0.352 e. The summed E-state index contributed by atoms with van der Waals surface area (Å²) < 4.78 is 7.08. The van der Waals surface area contributed by atoms with Crippen LogP contribution in [0.2, 0.25) is 0 Å². The second kappa shape index (κ2) is 9.10. The van der Waals surface area contributed by atoms with Gasteiger partial charge in [-0.3, -0.25) is 14.2 Å². The molecule has 140 valence electrons. The number of carbonyl (C=O) groups excluding carboxylic acids is 1. The van der Waals surface area contributed by atoms with E-state index in [0.29, 0.717) is 31.7 Å². The summed E-state index contributed by atoms with van der Waals surface area (Å²) in [4.78, 5) is 37.6. The summed E-state index contributed by atoms with van der Waals surface area (Å²) in [5.41, 5.74) is -0.00388. The molecular formula is C18H24N4O4. The van der Waals surface area contributed by atoms with Crippen LogP contribution >= 0.6 is 0 Å². The van der Waals surface area contributed by atoms with E-state index in [9.17, 15) is 14.4 Å². The maximum absolute atomic E-state index is 12.7. The number of carbonyl (C=O) groups is 1. The summed E-state index contributed by atoms with van der Waals surface area (Å²) in [6.07, 6.45) is 1.20. The van der Waals surface area contributed by atoms with Gasteiger partial charge in [-0.25, -0.2) is 4.79 Å². The number of amides is 1. The maximum atomic E-state index is 12.7. The van der Waals surface area contributed by atoms with E-state index in [0.717, 1.165) is 14.8 Å². The zero-order chi connectivity index (χ0) is 19.1. The minimum Gasteiger partial charge on any atom is -0.385 e. The molecule has 0 radical (unpaired) electrons. The van der Waals surface area contributed by atoms with E-state index in [4.69, 9.17) is 4.74 Å². The molecule has 2 rings (SSSR count). The Balaban J connectivity index is 2.47. The van der Waals surface area contributed by atoms with Crippen LogP contribution in [-0.2, 0) is 11.3 Å². The molecule has 8 heteroatoms. The zero-order valence-electron chi connectivity index (χ0n) is 15.3. The molecule has 0 aliphatic heterocycles. The molecule has 1 amide bonds. The zero-order valence-corrected chi connectivity index (χ0v) is 15.3. The quantitative estimate of drug-likeness (QED) is 0.705. The van der Waals surface area contributed by atoms with Gasteiger partial charge in [0.1, 0.15) is 0 Å². The van der Waals surface area contributed by atoms with Crippen LogP contribution in [0.4, 0.5) is 0 Å². The molecule has 1 heterocycles. The van der Waals surface area contributed by atoms with Crippen molar-refractivity contribution in [3.8, 4) is 5.69 Å². The van der Waals surface area contributed by atoms with E-state index in [2.05, 4.69) is 10.4 Å². The summed E-state index contributed by atoms with van der Waals surface area (Å²) in [7, 11) is 1.57. The van der Waals surface area contributed by atoms with Gasteiger partial charge in [0.25, 0.3) is 11.5 Å². The third-order valence-corrected chi connectivity index (χ3v) is 3.81. The summed E-state index contributed by atoms with van der Waals surface area (Å²) >= 11 is 0. The number of nitrogens with one attached hydrogen (secondary N) is 1. The standard InChI is InChI=1S/C18H24N4O4/c1-4-11-21-17(24)15(16(23)19-10-5-12-26-3)20-22(18(21)25)14-8-6-13(2)7-9-14/h6-9H,4-5,10-12H2,1-3H3,(H,19,23). The van der Waals surface area contributed by atoms with Gasteiger partial charge in [-0.2, -0.15) is 9.78 Å². The van der Waals surface area contributed by atoms with Crippen molar-refractivity contribution in [3.63, 3.8) is 0 Å². The number of methoxy groups -OCH3 is 1. The predicted octanol–water partition coefficient (Wildman–Crippen LogP) is 0.879. The van der Waals surface area contributed by atoms with E-state index in [-0.39, 0.29) is 12.2 Å². The Hall–Kier alpha value is -2.74. The van der Waals surface area contributed by atoms with Crippen LogP contribution in [0.15, 0.2) is 33.9 Å². The van der Waals surface area contributed by atoms with Crippen molar-refractivity contribution in [1.29, 1.82) is 0 Å². The van der Waals surface area contributed by atoms with Crippen LogP contribution in [0.5, 0.6) is 0 Å². The topological polar surface area (TPSA) is 95.2 Å². The number of ether oxygens (including phenoxy) is 1. The van der Waals surface area contributed by atoms with Gasteiger partial charge in [0.2, 0.25) is 5.69 Å². The van der Waals surface area contributed by atoms with Crippen LogP contribution in [0.1, 0.15) is 35.8 Å². The Morgan fingerprint density at radius 2 is 1.92 bits per heavy atom. The second-order valence-corrected chi connectivity index (χ2v) is 5.94. The van der Waals surface area contributed by atoms with Crippen molar-refractivity contribution in [2.45, 2.75) is 33.2 Å². The monoisotopic (exact) mass is 360 g/mol. The van der Waals surface area contributed by atoms with Crippen molar-refractivity contribution in [3.05, 3.63) is 56.4 Å². The van der Waals surface area contributed by atoms with Crippen molar-refractivity contribution in [2.75, 3.05) is 20.3 Å². The normalized spacial score (nSPS) is 10.7. The third-order valence-electron chi connectivity index (χ3n) is 3.81. The van der Waals surface area contributed by atoms with Crippen LogP contribution in [0, 0.1) is 6.92 Å². The lowest BCUT2D eigenvalue weighted by Crippen LogP contribution is -2.46. The SMILES string of the molecule is CCCn1c(=O)c(C(=O)NCCCOC)nn(-c2ccc(C)cc2)c1=O. The summed E-state index contributed by atoms with van der Waals surface area (Å²) in [6, 6.07) is 7.13. The van der Waals surface area contributed by atoms with E-state index < -0.39 is 17.2 Å². The molecule has 0 unspecified atom stereocenters. The van der Waals surface area contributed by atoms with Crippen molar-refractivity contribution < 1.29 is 9.53 Å². The highest BCUT2D eigenvalue weighted by Gasteiger charge is 2.19. The predicted molar refractivity (Wildman–Crippen MR) is 97.9 cm³/mol. The molecule has 1 N–H and O–H groups in total. The molecule has 26 heavy (non-hydrogen) atoms. The fourth-order valence-corrected chi connectivity index (χ4v) is 2.43. The molecule has 0 aliphatic rings. The Morgan fingerprint density at radius 3 is 2.54 bits per heavy atom. The van der Waals surface area contributed by atoms with E-state index in [1.165, 1.54) is 0 Å². The lowest BCUT2D eigenvalue weighted by Gasteiger charge is -2.12. The molecule has 2 aromatic rings. The Morgan fingerprint density at radius 1 is 1.23 bits per heavy atom. The first-order valence-electron chi connectivity index (χ1n) is 8.58. The van der Waals surface area contributed by atoms with E-state index >= 15 is 0 Å². The number of aromatic nitrogens is 3. The molecule has 0 fully saturated rings. The lowest BCUT2D eigenvalue weighted by molar-refractivity contribution is 0.0938. The van der Waals surface area contributed by atoms with Gasteiger partial charge >= 0.3 is 5.69 Å². The van der Waals surface area contributed by atoms with Gasteiger partial charge in [-0.05, 0) is 31.9 Å². The van der Waals surface area contributed by atoms with E-state index in [1.807, 2.05) is 26.0 Å². The van der Waals surface area contributed by atoms with Gasteiger partial charge in [-0.15, -0.1) is 0 Å². The number of hydrogen-bond acceptors (Lipinski definition) is 5. The average Bonchev–Trinajstić information content (AvgIpc) is 2.63. The molecule has 0 spiro atoms. The third kappa shape index (κ3) is 4.45. The molecule has 1 aromatic carbocycles. The molecule has 1 aromatic heterocycles. The number of hydrogen-bond donors (Lipinski definition) is 1. The molecule has 8 nitrogen and oxygen atoms in total. The van der Waals surface area contributed by atoms with Gasteiger partial charge in [0, 0.05) is 26.8 Å². The van der Waals surface area contributed by atoms with Gasteiger partial charge in [0.15, 0.2) is 0 Å². The highest BCUT2D eigenvalue weighted by Crippen LogP contribution is 2.05. The molecule has 0 saturated carbocycles. The van der Waals surface area contributed by atoms with Crippen molar-refractivity contribution in [2.24, 2.45) is 0 Å². The Labute approximate surface area is 151 Å². The lowest BCUT2D eigenvalue weighted by atomic mass is 10.2. The molecule has 0 saturated heterocycles. The minimum absolute atomic E-state index is 0.218. The van der Waals surface area contributed by atoms with Crippen molar-refractivity contribution >= 4 is 5.91 Å². The summed E-state index contributed by atoms with van der Waals surface area (Å²) in [6.45, 7) is 4.85. The van der Waals surface area contributed by atoms with Crippen LogP contribution in [-0.4, -0.2) is 40.5 Å². The van der Waals surface area contributed by atoms with Crippen LogP contribution in [0.3, 0.4) is 0 Å². The molecule has 0 atom stereocenters. The van der Waals surface area contributed by atoms with Crippen LogP contribution < -0.4 is 16.6 Å².